The fourth-order valence-corrected chi connectivity index (χ4v) is 7.11. The van der Waals surface area contributed by atoms with Crippen molar-refractivity contribution in [1.82, 2.24) is 14.8 Å². The molecule has 1 aromatic carbocycles. The number of nitrogens with one attached hydrogen (secondary N) is 1. The molecule has 1 N–H and O–H groups in total. The zero-order valence-corrected chi connectivity index (χ0v) is 17.4. The van der Waals surface area contributed by atoms with Gasteiger partial charge in [-0.15, -0.1) is 10.2 Å². The summed E-state index contributed by atoms with van der Waals surface area (Å²) >= 11 is 0. The van der Waals surface area contributed by atoms with Crippen LogP contribution in [0.25, 0.3) is 11.4 Å². The van der Waals surface area contributed by atoms with E-state index in [2.05, 4.69) is 20.1 Å². The highest BCUT2D eigenvalue weighted by molar-refractivity contribution is 5.96. The van der Waals surface area contributed by atoms with Gasteiger partial charge in [-0.2, -0.15) is 0 Å². The van der Waals surface area contributed by atoms with Gasteiger partial charge < -0.3 is 9.88 Å². The maximum absolute atomic E-state index is 14.8. The first kappa shape index (κ1) is 18.5. The lowest BCUT2D eigenvalue weighted by Crippen LogP contribution is -2.51. The fourth-order valence-electron chi connectivity index (χ4n) is 7.11. The van der Waals surface area contributed by atoms with Crippen LogP contribution in [0.4, 0.5) is 10.1 Å². The number of aryl methyl sites for hydroxylation is 1. The van der Waals surface area contributed by atoms with E-state index in [9.17, 15) is 9.18 Å². The number of halogens is 1. The van der Waals surface area contributed by atoms with Gasteiger partial charge in [0.1, 0.15) is 11.6 Å². The van der Waals surface area contributed by atoms with Gasteiger partial charge in [0, 0.05) is 18.7 Å². The number of nitrogens with zero attached hydrogens (tertiary/aromatic N) is 3. The second-order valence-electron chi connectivity index (χ2n) is 10.2. The minimum atomic E-state index is -0.317. The number of carbonyl (C=O) groups excluding carboxylic acids is 1. The molecule has 158 valence electrons. The predicted molar refractivity (Wildman–Crippen MR) is 112 cm³/mol. The topological polar surface area (TPSA) is 59.8 Å². The van der Waals surface area contributed by atoms with Gasteiger partial charge in [-0.1, -0.05) is 6.42 Å². The fraction of sp³-hybridized carbons (Fsp3) is 0.625. The molecular weight excluding hydrogens is 379 g/mol. The van der Waals surface area contributed by atoms with Gasteiger partial charge in [0.15, 0.2) is 5.82 Å². The number of hydrogen-bond acceptors (Lipinski definition) is 3. The van der Waals surface area contributed by atoms with Crippen LogP contribution in [0.1, 0.15) is 63.6 Å². The van der Waals surface area contributed by atoms with Gasteiger partial charge in [0.2, 0.25) is 5.91 Å². The second kappa shape index (κ2) is 6.89. The van der Waals surface area contributed by atoms with Gasteiger partial charge in [-0.05, 0) is 87.3 Å². The van der Waals surface area contributed by atoms with Crippen LogP contribution < -0.4 is 5.32 Å². The van der Waals surface area contributed by atoms with E-state index in [0.717, 1.165) is 75.1 Å². The Labute approximate surface area is 176 Å². The van der Waals surface area contributed by atoms with Crippen molar-refractivity contribution >= 4 is 11.6 Å². The Morgan fingerprint density at radius 1 is 1.03 bits per heavy atom. The summed E-state index contributed by atoms with van der Waals surface area (Å²) < 4.78 is 16.8. The minimum absolute atomic E-state index is 0.138. The lowest BCUT2D eigenvalue weighted by atomic mass is 9.49. The van der Waals surface area contributed by atoms with Gasteiger partial charge >= 0.3 is 0 Å². The van der Waals surface area contributed by atoms with Crippen LogP contribution in [-0.4, -0.2) is 20.7 Å². The number of amides is 1. The molecule has 2 aromatic rings. The number of aromatic nitrogens is 3. The van der Waals surface area contributed by atoms with Gasteiger partial charge in [-0.25, -0.2) is 4.39 Å². The highest BCUT2D eigenvalue weighted by Crippen LogP contribution is 2.60. The lowest BCUT2D eigenvalue weighted by molar-refractivity contribution is -0.140. The molecule has 4 saturated carbocycles. The van der Waals surface area contributed by atoms with Crippen LogP contribution in [-0.2, 0) is 17.8 Å². The Bertz CT molecular complexity index is 962. The van der Waals surface area contributed by atoms with Crippen molar-refractivity contribution in [3.63, 3.8) is 0 Å². The standard InChI is InChI=1S/C24H29FN4O/c25-20-6-5-18(11-19(20)22-28-27-21-4-2-1-3-7-29(21)22)26-23(30)24-12-15-8-16(13-24)10-17(9-15)14-24/h5-6,11,15-17H,1-4,7-10,12-14H2,(H,26,30). The van der Waals surface area contributed by atoms with Crippen LogP contribution in [0, 0.1) is 29.0 Å². The maximum atomic E-state index is 14.8. The zero-order valence-electron chi connectivity index (χ0n) is 17.4. The second-order valence-corrected chi connectivity index (χ2v) is 10.2. The van der Waals surface area contributed by atoms with Crippen LogP contribution in [0.3, 0.4) is 0 Å². The molecule has 5 nitrogen and oxygen atoms in total. The molecule has 0 atom stereocenters. The summed E-state index contributed by atoms with van der Waals surface area (Å²) in [7, 11) is 0. The molecule has 5 aliphatic rings. The van der Waals surface area contributed by atoms with Crippen molar-refractivity contribution in [2.75, 3.05) is 5.32 Å². The summed E-state index contributed by atoms with van der Waals surface area (Å²) in [5.41, 5.74) is 0.881. The number of fused-ring (bicyclic) bond motifs is 1. The van der Waals surface area contributed by atoms with Crippen molar-refractivity contribution in [1.29, 1.82) is 0 Å². The Kier molecular flexibility index (Phi) is 4.26. The number of benzene rings is 1. The van der Waals surface area contributed by atoms with Crippen LogP contribution in [0.5, 0.6) is 0 Å². The van der Waals surface area contributed by atoms with Gasteiger partial charge in [0.25, 0.3) is 0 Å². The number of anilines is 1. The summed E-state index contributed by atoms with van der Waals surface area (Å²) in [6.07, 6.45) is 11.2. The molecular formula is C24H29FN4O. The smallest absolute Gasteiger partial charge is 0.230 e. The third kappa shape index (κ3) is 2.98. The monoisotopic (exact) mass is 408 g/mol. The number of rotatable bonds is 3. The molecule has 7 rings (SSSR count). The average Bonchev–Trinajstić information content (AvgIpc) is 2.96. The summed E-state index contributed by atoms with van der Waals surface area (Å²) in [5, 5.41) is 11.8. The first-order valence-electron chi connectivity index (χ1n) is 11.6. The van der Waals surface area contributed by atoms with E-state index in [0.29, 0.717) is 17.1 Å². The normalized spacial score (nSPS) is 32.0. The first-order chi connectivity index (χ1) is 14.6. The van der Waals surface area contributed by atoms with Crippen LogP contribution >= 0.6 is 0 Å². The highest BCUT2D eigenvalue weighted by atomic mass is 19.1. The molecule has 30 heavy (non-hydrogen) atoms. The van der Waals surface area contributed by atoms with Crippen molar-refractivity contribution in [3.05, 3.63) is 29.8 Å². The molecule has 4 aliphatic carbocycles. The molecule has 0 unspecified atom stereocenters. The van der Waals surface area contributed by atoms with E-state index in [1.807, 2.05) is 0 Å². The summed E-state index contributed by atoms with van der Waals surface area (Å²) in [6.45, 7) is 0.820. The highest BCUT2D eigenvalue weighted by Gasteiger charge is 2.54. The molecule has 6 heteroatoms. The maximum Gasteiger partial charge on any atom is 0.230 e. The van der Waals surface area contributed by atoms with Gasteiger partial charge in [-0.3, -0.25) is 4.79 Å². The lowest BCUT2D eigenvalue weighted by Gasteiger charge is -2.55. The van der Waals surface area contributed by atoms with E-state index < -0.39 is 0 Å². The summed E-state index contributed by atoms with van der Waals surface area (Å²) in [5.74, 6) is 3.49. The van der Waals surface area contributed by atoms with Crippen molar-refractivity contribution in [2.24, 2.45) is 23.2 Å². The molecule has 4 bridgehead atoms. The number of carbonyl (C=O) groups is 1. The van der Waals surface area contributed by atoms with Crippen LogP contribution in [0.15, 0.2) is 18.2 Å². The Morgan fingerprint density at radius 2 is 1.77 bits per heavy atom. The van der Waals surface area contributed by atoms with E-state index >= 15 is 0 Å². The molecule has 0 radical (unpaired) electrons. The third-order valence-electron chi connectivity index (χ3n) is 8.09. The van der Waals surface area contributed by atoms with Gasteiger partial charge in [0.05, 0.1) is 11.0 Å². The molecule has 0 saturated heterocycles. The van der Waals surface area contributed by atoms with E-state index in [1.165, 1.54) is 25.3 Å². The van der Waals surface area contributed by atoms with Crippen LogP contribution in [0.2, 0.25) is 0 Å². The minimum Gasteiger partial charge on any atom is -0.326 e. The van der Waals surface area contributed by atoms with E-state index in [-0.39, 0.29) is 17.1 Å². The Hall–Kier alpha value is -2.24. The first-order valence-corrected chi connectivity index (χ1v) is 11.6. The Morgan fingerprint density at radius 3 is 2.50 bits per heavy atom. The summed E-state index contributed by atoms with van der Waals surface area (Å²) in [4.78, 5) is 13.4. The Balaban J connectivity index is 1.28. The van der Waals surface area contributed by atoms with E-state index in [1.54, 1.807) is 12.1 Å². The van der Waals surface area contributed by atoms with Crippen molar-refractivity contribution < 1.29 is 9.18 Å². The predicted octanol–water partition coefficient (Wildman–Crippen LogP) is 4.97. The van der Waals surface area contributed by atoms with Crippen molar-refractivity contribution in [2.45, 2.75) is 70.8 Å². The molecule has 2 heterocycles. The molecule has 4 fully saturated rings. The van der Waals surface area contributed by atoms with E-state index in [4.69, 9.17) is 0 Å². The quantitative estimate of drug-likeness (QED) is 0.780. The summed E-state index contributed by atoms with van der Waals surface area (Å²) in [6, 6.07) is 4.87. The van der Waals surface area contributed by atoms with Crippen molar-refractivity contribution in [3.8, 4) is 11.4 Å². The zero-order chi connectivity index (χ0) is 20.3. The number of hydrogen-bond donors (Lipinski definition) is 1. The molecule has 1 aromatic heterocycles. The molecule has 0 spiro atoms. The molecule has 1 aliphatic heterocycles. The third-order valence-corrected chi connectivity index (χ3v) is 8.09. The largest absolute Gasteiger partial charge is 0.326 e. The molecule has 1 amide bonds. The average molecular weight is 409 g/mol. The SMILES string of the molecule is O=C(Nc1ccc(F)c(-c2nnc3n2CCCCC3)c1)C12CC3CC(CC(C3)C1)C2.